The zero-order valence-electron chi connectivity index (χ0n) is 19.4. The molecular formula is C24H42IN5O. The number of rotatable bonds is 9. The fourth-order valence-electron chi connectivity index (χ4n) is 4.38. The van der Waals surface area contributed by atoms with Gasteiger partial charge in [0, 0.05) is 45.5 Å². The van der Waals surface area contributed by atoms with Crippen LogP contribution in [-0.2, 0) is 4.74 Å². The Hall–Kier alpha value is -1.09. The fourth-order valence-corrected chi connectivity index (χ4v) is 4.38. The van der Waals surface area contributed by atoms with Crippen LogP contribution in [0.4, 0.5) is 5.82 Å². The molecule has 0 spiro atoms. The molecule has 1 aromatic rings. The van der Waals surface area contributed by atoms with Gasteiger partial charge in [-0.2, -0.15) is 0 Å². The number of ether oxygens (including phenoxy) is 1. The first kappa shape index (κ1) is 26.2. The molecule has 1 saturated heterocycles. The summed E-state index contributed by atoms with van der Waals surface area (Å²) < 4.78 is 6.01. The maximum absolute atomic E-state index is 6.01. The molecule has 3 rings (SSSR count). The first-order chi connectivity index (χ1) is 14.7. The zero-order chi connectivity index (χ0) is 21.0. The van der Waals surface area contributed by atoms with Gasteiger partial charge in [-0.1, -0.05) is 25.3 Å². The number of pyridine rings is 1. The molecule has 7 heteroatoms. The minimum atomic E-state index is 0. The number of halogens is 1. The molecule has 176 valence electrons. The Labute approximate surface area is 206 Å². The summed E-state index contributed by atoms with van der Waals surface area (Å²) in [6.07, 6.45) is 14.9. The molecule has 2 aliphatic rings. The molecule has 6 nitrogen and oxygen atoms in total. The minimum absolute atomic E-state index is 0. The van der Waals surface area contributed by atoms with Gasteiger partial charge in [-0.3, -0.25) is 4.99 Å². The molecule has 2 heterocycles. The molecule has 1 aliphatic heterocycles. The van der Waals surface area contributed by atoms with Crippen molar-refractivity contribution >= 4 is 35.8 Å². The molecule has 0 radical (unpaired) electrons. The average molecular weight is 544 g/mol. The van der Waals surface area contributed by atoms with Crippen LogP contribution in [0, 0.1) is 6.92 Å². The summed E-state index contributed by atoms with van der Waals surface area (Å²) in [5.41, 5.74) is 1.21. The van der Waals surface area contributed by atoms with E-state index < -0.39 is 0 Å². The average Bonchev–Trinajstić information content (AvgIpc) is 2.79. The number of nitrogens with zero attached hydrogens (tertiary/aromatic N) is 3. The second kappa shape index (κ2) is 14.9. The number of aliphatic imine (C=N–C) groups is 1. The van der Waals surface area contributed by atoms with Crippen LogP contribution >= 0.6 is 24.0 Å². The van der Waals surface area contributed by atoms with E-state index in [-0.39, 0.29) is 24.0 Å². The number of hydrogen-bond donors (Lipinski definition) is 2. The highest BCUT2D eigenvalue weighted by molar-refractivity contribution is 14.0. The zero-order valence-corrected chi connectivity index (χ0v) is 21.8. The van der Waals surface area contributed by atoms with E-state index in [0.717, 1.165) is 63.7 Å². The highest BCUT2D eigenvalue weighted by atomic mass is 127. The van der Waals surface area contributed by atoms with E-state index in [1.807, 2.05) is 13.2 Å². The number of piperidine rings is 1. The van der Waals surface area contributed by atoms with Gasteiger partial charge in [0.2, 0.25) is 0 Å². The first-order valence-electron chi connectivity index (χ1n) is 12.0. The number of aryl methyl sites for hydroxylation is 1. The summed E-state index contributed by atoms with van der Waals surface area (Å²) in [6, 6.07) is 4.74. The molecule has 31 heavy (non-hydrogen) atoms. The van der Waals surface area contributed by atoms with Gasteiger partial charge in [-0.05, 0) is 63.5 Å². The van der Waals surface area contributed by atoms with Crippen LogP contribution in [0.15, 0.2) is 23.3 Å². The summed E-state index contributed by atoms with van der Waals surface area (Å²) in [5, 5.41) is 7.08. The summed E-state index contributed by atoms with van der Waals surface area (Å²) >= 11 is 0. The van der Waals surface area contributed by atoms with Crippen LogP contribution in [-0.4, -0.2) is 56.4 Å². The van der Waals surface area contributed by atoms with Crippen molar-refractivity contribution in [2.45, 2.75) is 83.3 Å². The highest BCUT2D eigenvalue weighted by Gasteiger charge is 2.20. The lowest BCUT2D eigenvalue weighted by atomic mass is 9.98. The van der Waals surface area contributed by atoms with Gasteiger partial charge in [-0.15, -0.1) is 24.0 Å². The predicted molar refractivity (Wildman–Crippen MR) is 141 cm³/mol. The molecule has 0 atom stereocenters. The van der Waals surface area contributed by atoms with Crippen molar-refractivity contribution in [3.8, 4) is 0 Å². The Balaban J connectivity index is 0.00000341. The van der Waals surface area contributed by atoms with Gasteiger partial charge in [0.05, 0.1) is 6.10 Å². The molecule has 0 aromatic carbocycles. The summed E-state index contributed by atoms with van der Waals surface area (Å²) in [5.74, 6) is 2.02. The molecule has 1 saturated carbocycles. The van der Waals surface area contributed by atoms with Crippen molar-refractivity contribution in [3.05, 3.63) is 23.9 Å². The van der Waals surface area contributed by atoms with Crippen molar-refractivity contribution in [1.82, 2.24) is 15.6 Å². The van der Waals surface area contributed by atoms with Crippen molar-refractivity contribution in [3.63, 3.8) is 0 Å². The van der Waals surface area contributed by atoms with Crippen molar-refractivity contribution in [2.75, 3.05) is 38.2 Å². The van der Waals surface area contributed by atoms with Crippen LogP contribution < -0.4 is 15.5 Å². The molecule has 0 bridgehead atoms. The van der Waals surface area contributed by atoms with Crippen LogP contribution in [0.2, 0.25) is 0 Å². The Morgan fingerprint density at radius 2 is 1.87 bits per heavy atom. The SMILES string of the molecule is CN=C(NCCCCCOC1CCCCC1)NC1CCN(c2ccc(C)cn2)CC1.I. The quantitative estimate of drug-likeness (QED) is 0.205. The number of guanidine groups is 1. The highest BCUT2D eigenvalue weighted by Crippen LogP contribution is 2.20. The summed E-state index contributed by atoms with van der Waals surface area (Å²) in [4.78, 5) is 11.3. The molecular weight excluding hydrogens is 501 g/mol. The first-order valence-corrected chi connectivity index (χ1v) is 12.0. The normalized spacial score (nSPS) is 18.5. The number of nitrogens with one attached hydrogen (secondary N) is 2. The van der Waals surface area contributed by atoms with E-state index in [4.69, 9.17) is 4.74 Å². The van der Waals surface area contributed by atoms with Gasteiger partial charge < -0.3 is 20.3 Å². The Morgan fingerprint density at radius 3 is 2.55 bits per heavy atom. The number of unbranched alkanes of at least 4 members (excludes halogenated alkanes) is 2. The van der Waals surface area contributed by atoms with E-state index >= 15 is 0 Å². The minimum Gasteiger partial charge on any atom is -0.378 e. The van der Waals surface area contributed by atoms with Crippen LogP contribution in [0.3, 0.4) is 0 Å². The summed E-state index contributed by atoms with van der Waals surface area (Å²) in [7, 11) is 1.86. The van der Waals surface area contributed by atoms with E-state index in [2.05, 4.69) is 44.6 Å². The Morgan fingerprint density at radius 1 is 1.10 bits per heavy atom. The van der Waals surface area contributed by atoms with Crippen molar-refractivity contribution in [2.24, 2.45) is 4.99 Å². The van der Waals surface area contributed by atoms with Crippen molar-refractivity contribution < 1.29 is 4.74 Å². The summed E-state index contributed by atoms with van der Waals surface area (Å²) in [6.45, 7) is 6.04. The number of aromatic nitrogens is 1. The molecule has 0 amide bonds. The Bertz CT molecular complexity index is 625. The van der Waals surface area contributed by atoms with Gasteiger partial charge in [0.15, 0.2) is 5.96 Å². The largest absolute Gasteiger partial charge is 0.378 e. The molecule has 0 unspecified atom stereocenters. The lowest BCUT2D eigenvalue weighted by Crippen LogP contribution is -2.49. The smallest absolute Gasteiger partial charge is 0.191 e. The van der Waals surface area contributed by atoms with E-state index in [1.165, 1.54) is 44.1 Å². The molecule has 1 aromatic heterocycles. The standard InChI is InChI=1S/C24H41N5O.HI/c1-20-11-12-23(27-19-20)29-16-13-21(14-17-29)28-24(25-2)26-15-7-4-8-18-30-22-9-5-3-6-10-22;/h11-12,19,21-22H,3-10,13-18H2,1-2H3,(H2,25,26,28);1H. The van der Waals surface area contributed by atoms with Crippen LogP contribution in [0.25, 0.3) is 0 Å². The fraction of sp³-hybridized carbons (Fsp3) is 0.750. The lowest BCUT2D eigenvalue weighted by molar-refractivity contribution is 0.0264. The molecule has 1 aliphatic carbocycles. The maximum atomic E-state index is 6.01. The second-order valence-electron chi connectivity index (χ2n) is 8.79. The van der Waals surface area contributed by atoms with Crippen molar-refractivity contribution in [1.29, 1.82) is 0 Å². The number of anilines is 1. The van der Waals surface area contributed by atoms with Crippen LogP contribution in [0.5, 0.6) is 0 Å². The second-order valence-corrected chi connectivity index (χ2v) is 8.79. The lowest BCUT2D eigenvalue weighted by Gasteiger charge is -2.33. The van der Waals surface area contributed by atoms with Crippen LogP contribution in [0.1, 0.15) is 69.8 Å². The van der Waals surface area contributed by atoms with Gasteiger partial charge in [0.25, 0.3) is 0 Å². The third-order valence-corrected chi connectivity index (χ3v) is 6.30. The molecule has 2 N–H and O–H groups in total. The number of hydrogen-bond acceptors (Lipinski definition) is 4. The van der Waals surface area contributed by atoms with E-state index in [0.29, 0.717) is 12.1 Å². The maximum Gasteiger partial charge on any atom is 0.191 e. The third kappa shape index (κ3) is 9.51. The van der Waals surface area contributed by atoms with E-state index in [9.17, 15) is 0 Å². The van der Waals surface area contributed by atoms with Gasteiger partial charge in [-0.25, -0.2) is 4.98 Å². The molecule has 2 fully saturated rings. The van der Waals surface area contributed by atoms with E-state index in [1.54, 1.807) is 0 Å². The monoisotopic (exact) mass is 543 g/mol. The predicted octanol–water partition coefficient (Wildman–Crippen LogP) is 4.66. The van der Waals surface area contributed by atoms with Gasteiger partial charge in [0.1, 0.15) is 5.82 Å². The Kier molecular flexibility index (Phi) is 12.6. The topological polar surface area (TPSA) is 61.8 Å². The van der Waals surface area contributed by atoms with Gasteiger partial charge >= 0.3 is 0 Å². The third-order valence-electron chi connectivity index (χ3n) is 6.30.